The molecule has 1 saturated heterocycles. The number of carbonyl (C=O) groups excluding carboxylic acids is 2. The van der Waals surface area contributed by atoms with Crippen molar-refractivity contribution in [3.63, 3.8) is 0 Å². The van der Waals surface area contributed by atoms with Crippen molar-refractivity contribution in [2.75, 3.05) is 25.0 Å². The molecular formula is C15H19ClFN3O3. The van der Waals surface area contributed by atoms with E-state index in [0.29, 0.717) is 38.2 Å². The Labute approximate surface area is 138 Å². The maximum atomic E-state index is 13.0. The van der Waals surface area contributed by atoms with E-state index in [1.807, 2.05) is 0 Å². The van der Waals surface area contributed by atoms with Gasteiger partial charge in [-0.3, -0.25) is 0 Å². The van der Waals surface area contributed by atoms with E-state index < -0.39 is 11.8 Å². The number of urea groups is 1. The van der Waals surface area contributed by atoms with Gasteiger partial charge in [0, 0.05) is 19.1 Å². The van der Waals surface area contributed by atoms with Crippen molar-refractivity contribution < 1.29 is 18.7 Å². The summed E-state index contributed by atoms with van der Waals surface area (Å²) in [6.07, 6.45) is 0.959. The highest BCUT2D eigenvalue weighted by atomic mass is 35.5. The second kappa shape index (κ2) is 8.01. The second-order valence-corrected chi connectivity index (χ2v) is 5.59. The van der Waals surface area contributed by atoms with Crippen LogP contribution in [-0.4, -0.2) is 42.8 Å². The summed E-state index contributed by atoms with van der Waals surface area (Å²) in [5.74, 6) is -0.465. The van der Waals surface area contributed by atoms with Gasteiger partial charge in [0.05, 0.1) is 17.3 Å². The fourth-order valence-corrected chi connectivity index (χ4v) is 2.57. The lowest BCUT2D eigenvalue weighted by Crippen LogP contribution is -2.47. The van der Waals surface area contributed by atoms with Crippen molar-refractivity contribution >= 4 is 29.4 Å². The highest BCUT2D eigenvalue weighted by molar-refractivity contribution is 6.33. The molecule has 6 nitrogen and oxygen atoms in total. The van der Waals surface area contributed by atoms with Crippen molar-refractivity contribution in [2.24, 2.45) is 0 Å². The molecule has 2 N–H and O–H groups in total. The Morgan fingerprint density at radius 1 is 1.39 bits per heavy atom. The highest BCUT2D eigenvalue weighted by Gasteiger charge is 2.24. The summed E-state index contributed by atoms with van der Waals surface area (Å²) < 4.78 is 17.9. The van der Waals surface area contributed by atoms with Crippen LogP contribution in [0.15, 0.2) is 18.2 Å². The van der Waals surface area contributed by atoms with E-state index in [0.717, 1.165) is 6.07 Å². The third-order valence-corrected chi connectivity index (χ3v) is 3.85. The number of amides is 3. The summed E-state index contributed by atoms with van der Waals surface area (Å²) in [7, 11) is 0. The van der Waals surface area contributed by atoms with Crippen LogP contribution in [0, 0.1) is 5.82 Å². The lowest BCUT2D eigenvalue weighted by molar-refractivity contribution is 0.0959. The van der Waals surface area contributed by atoms with Crippen LogP contribution in [0.4, 0.5) is 19.7 Å². The van der Waals surface area contributed by atoms with Gasteiger partial charge in [0.25, 0.3) is 0 Å². The van der Waals surface area contributed by atoms with Crippen LogP contribution < -0.4 is 10.6 Å². The van der Waals surface area contributed by atoms with Crippen LogP contribution in [-0.2, 0) is 4.74 Å². The predicted octanol–water partition coefficient (Wildman–Crippen LogP) is 3.22. The summed E-state index contributed by atoms with van der Waals surface area (Å²) in [6.45, 7) is 3.16. The number of anilines is 1. The number of hydrogen-bond acceptors (Lipinski definition) is 3. The minimum atomic E-state index is -0.465. The van der Waals surface area contributed by atoms with E-state index in [1.165, 1.54) is 12.1 Å². The first-order valence-corrected chi connectivity index (χ1v) is 7.81. The molecule has 0 saturated carbocycles. The lowest BCUT2D eigenvalue weighted by Gasteiger charge is -2.31. The predicted molar refractivity (Wildman–Crippen MR) is 85.2 cm³/mol. The van der Waals surface area contributed by atoms with Crippen LogP contribution in [0.1, 0.15) is 19.8 Å². The highest BCUT2D eigenvalue weighted by Crippen LogP contribution is 2.22. The maximum Gasteiger partial charge on any atom is 0.409 e. The Hall–Kier alpha value is -2.02. The van der Waals surface area contributed by atoms with Gasteiger partial charge in [-0.25, -0.2) is 14.0 Å². The van der Waals surface area contributed by atoms with Crippen LogP contribution in [0.2, 0.25) is 5.02 Å². The molecule has 0 aromatic heterocycles. The number of halogens is 2. The summed E-state index contributed by atoms with van der Waals surface area (Å²) in [4.78, 5) is 25.2. The third kappa shape index (κ3) is 4.99. The number of hydrogen-bond donors (Lipinski definition) is 2. The van der Waals surface area contributed by atoms with Crippen LogP contribution in [0.5, 0.6) is 0 Å². The number of benzene rings is 1. The van der Waals surface area contributed by atoms with Crippen molar-refractivity contribution in [1.82, 2.24) is 10.2 Å². The summed E-state index contributed by atoms with van der Waals surface area (Å²) >= 11 is 5.86. The Balaban J connectivity index is 1.79. The van der Waals surface area contributed by atoms with Crippen LogP contribution >= 0.6 is 11.6 Å². The second-order valence-electron chi connectivity index (χ2n) is 5.18. The molecule has 23 heavy (non-hydrogen) atoms. The zero-order chi connectivity index (χ0) is 16.8. The lowest BCUT2D eigenvalue weighted by atomic mass is 10.1. The summed E-state index contributed by atoms with van der Waals surface area (Å²) in [5, 5.41) is 5.54. The molecule has 0 spiro atoms. The molecule has 1 aromatic carbocycles. The van der Waals surface area contributed by atoms with Crippen molar-refractivity contribution in [3.05, 3.63) is 29.0 Å². The molecule has 0 bridgehead atoms. The molecule has 1 heterocycles. The Kier molecular flexibility index (Phi) is 6.04. The standard InChI is InChI=1S/C15H19ClFN3O3/c1-2-23-15(22)20-7-5-11(6-8-20)18-14(21)19-13-4-3-10(17)9-12(13)16/h3-4,9,11H,2,5-8H2,1H3,(H2,18,19,21). The molecule has 126 valence electrons. The molecule has 1 aromatic rings. The Morgan fingerprint density at radius 3 is 2.70 bits per heavy atom. The number of likely N-dealkylation sites (tertiary alicyclic amines) is 1. The van der Waals surface area contributed by atoms with Crippen molar-refractivity contribution in [1.29, 1.82) is 0 Å². The van der Waals surface area contributed by atoms with E-state index in [-0.39, 0.29) is 17.2 Å². The zero-order valence-electron chi connectivity index (χ0n) is 12.8. The van der Waals surface area contributed by atoms with E-state index in [1.54, 1.807) is 11.8 Å². The first-order valence-electron chi connectivity index (χ1n) is 7.44. The van der Waals surface area contributed by atoms with E-state index in [2.05, 4.69) is 10.6 Å². The van der Waals surface area contributed by atoms with Crippen molar-refractivity contribution in [3.8, 4) is 0 Å². The van der Waals surface area contributed by atoms with Gasteiger partial charge >= 0.3 is 12.1 Å². The van der Waals surface area contributed by atoms with Gasteiger partial charge in [-0.15, -0.1) is 0 Å². The van der Waals surface area contributed by atoms with E-state index >= 15 is 0 Å². The molecule has 1 fully saturated rings. The smallest absolute Gasteiger partial charge is 0.409 e. The fraction of sp³-hybridized carbons (Fsp3) is 0.467. The van der Waals surface area contributed by atoms with Gasteiger partial charge in [0.1, 0.15) is 5.82 Å². The average molecular weight is 344 g/mol. The number of nitrogens with zero attached hydrogens (tertiary/aromatic N) is 1. The van der Waals surface area contributed by atoms with Crippen LogP contribution in [0.25, 0.3) is 0 Å². The third-order valence-electron chi connectivity index (χ3n) is 3.54. The average Bonchev–Trinajstić information content (AvgIpc) is 2.51. The fourth-order valence-electron chi connectivity index (χ4n) is 2.36. The number of piperidine rings is 1. The molecular weight excluding hydrogens is 325 g/mol. The first kappa shape index (κ1) is 17.3. The SMILES string of the molecule is CCOC(=O)N1CCC(NC(=O)Nc2ccc(F)cc2Cl)CC1. The van der Waals surface area contributed by atoms with Gasteiger partial charge in [-0.05, 0) is 38.0 Å². The molecule has 2 rings (SSSR count). The van der Waals surface area contributed by atoms with Crippen molar-refractivity contribution in [2.45, 2.75) is 25.8 Å². The maximum absolute atomic E-state index is 13.0. The number of ether oxygens (including phenoxy) is 1. The van der Waals surface area contributed by atoms with Gasteiger partial charge in [0.15, 0.2) is 0 Å². The Bertz CT molecular complexity index is 577. The normalized spacial score (nSPS) is 15.2. The molecule has 0 radical (unpaired) electrons. The van der Waals surface area contributed by atoms with Gasteiger partial charge in [-0.1, -0.05) is 11.6 Å². The molecule has 1 aliphatic rings. The minimum absolute atomic E-state index is 0.0418. The number of rotatable bonds is 3. The summed E-state index contributed by atoms with van der Waals surface area (Å²) in [6, 6.07) is 3.31. The Morgan fingerprint density at radius 2 is 2.09 bits per heavy atom. The monoisotopic (exact) mass is 343 g/mol. The molecule has 8 heteroatoms. The van der Waals surface area contributed by atoms with Gasteiger partial charge < -0.3 is 20.3 Å². The van der Waals surface area contributed by atoms with E-state index in [4.69, 9.17) is 16.3 Å². The van der Waals surface area contributed by atoms with Gasteiger partial charge in [-0.2, -0.15) is 0 Å². The molecule has 0 unspecified atom stereocenters. The largest absolute Gasteiger partial charge is 0.450 e. The topological polar surface area (TPSA) is 70.7 Å². The minimum Gasteiger partial charge on any atom is -0.450 e. The summed E-state index contributed by atoms with van der Waals surface area (Å²) in [5.41, 5.74) is 0.342. The zero-order valence-corrected chi connectivity index (χ0v) is 13.5. The quantitative estimate of drug-likeness (QED) is 0.885. The molecule has 1 aliphatic heterocycles. The van der Waals surface area contributed by atoms with Crippen LogP contribution in [0.3, 0.4) is 0 Å². The number of carbonyl (C=O) groups is 2. The molecule has 0 atom stereocenters. The molecule has 0 aliphatic carbocycles. The van der Waals surface area contributed by atoms with Gasteiger partial charge in [0.2, 0.25) is 0 Å². The number of nitrogens with one attached hydrogen (secondary N) is 2. The molecule has 3 amide bonds. The van der Waals surface area contributed by atoms with E-state index in [9.17, 15) is 14.0 Å². The first-order chi connectivity index (χ1) is 11.0.